The number of halogens is 1. The largest absolute Gasteiger partial charge is 0.355 e. The average molecular weight is 461 g/mol. The highest BCUT2D eigenvalue weighted by molar-refractivity contribution is 9.10. The molecule has 0 bridgehead atoms. The number of likely N-dealkylation sites (tertiary alicyclic amines) is 1. The SMILES string of the molecule is Cc1ccccc1CSCCNC(=O)C1CCN(Cc2cccc(Br)c2)CC1. The number of thioether (sulfide) groups is 1. The molecule has 1 heterocycles. The summed E-state index contributed by atoms with van der Waals surface area (Å²) in [6.45, 7) is 5.86. The Labute approximate surface area is 181 Å². The zero-order valence-corrected chi connectivity index (χ0v) is 18.9. The van der Waals surface area contributed by atoms with Crippen LogP contribution in [0.3, 0.4) is 0 Å². The van der Waals surface area contributed by atoms with Crippen LogP contribution < -0.4 is 5.32 Å². The van der Waals surface area contributed by atoms with E-state index in [0.717, 1.165) is 55.0 Å². The summed E-state index contributed by atoms with van der Waals surface area (Å²) < 4.78 is 1.12. The molecular weight excluding hydrogens is 432 g/mol. The van der Waals surface area contributed by atoms with E-state index in [1.807, 2.05) is 11.8 Å². The molecule has 0 spiro atoms. The van der Waals surface area contributed by atoms with Crippen LogP contribution in [0.4, 0.5) is 0 Å². The molecule has 0 unspecified atom stereocenters. The topological polar surface area (TPSA) is 32.3 Å². The van der Waals surface area contributed by atoms with Gasteiger partial charge in [-0.15, -0.1) is 0 Å². The Morgan fingerprint density at radius 2 is 1.96 bits per heavy atom. The number of nitrogens with zero attached hydrogens (tertiary/aromatic N) is 1. The quantitative estimate of drug-likeness (QED) is 0.561. The summed E-state index contributed by atoms with van der Waals surface area (Å²) >= 11 is 5.42. The number of carbonyl (C=O) groups is 1. The molecule has 0 radical (unpaired) electrons. The van der Waals surface area contributed by atoms with Gasteiger partial charge in [0.2, 0.25) is 5.91 Å². The molecule has 1 aliphatic heterocycles. The molecule has 1 aliphatic rings. The number of rotatable bonds is 8. The molecule has 28 heavy (non-hydrogen) atoms. The summed E-state index contributed by atoms with van der Waals surface area (Å²) in [6, 6.07) is 17.0. The van der Waals surface area contributed by atoms with Gasteiger partial charge in [-0.05, 0) is 61.7 Å². The van der Waals surface area contributed by atoms with Crippen LogP contribution >= 0.6 is 27.7 Å². The normalized spacial score (nSPS) is 15.5. The van der Waals surface area contributed by atoms with Crippen LogP contribution in [0.1, 0.15) is 29.5 Å². The molecule has 3 nitrogen and oxygen atoms in total. The van der Waals surface area contributed by atoms with Crippen LogP contribution in [0.5, 0.6) is 0 Å². The lowest BCUT2D eigenvalue weighted by Crippen LogP contribution is -2.40. The van der Waals surface area contributed by atoms with E-state index in [1.165, 1.54) is 16.7 Å². The van der Waals surface area contributed by atoms with Crippen LogP contribution in [0.15, 0.2) is 53.0 Å². The van der Waals surface area contributed by atoms with Crippen molar-refractivity contribution in [3.8, 4) is 0 Å². The Balaban J connectivity index is 1.31. The van der Waals surface area contributed by atoms with Gasteiger partial charge in [-0.2, -0.15) is 11.8 Å². The van der Waals surface area contributed by atoms with Gasteiger partial charge >= 0.3 is 0 Å². The highest BCUT2D eigenvalue weighted by Crippen LogP contribution is 2.21. The van der Waals surface area contributed by atoms with E-state index >= 15 is 0 Å². The van der Waals surface area contributed by atoms with Gasteiger partial charge < -0.3 is 5.32 Å². The van der Waals surface area contributed by atoms with E-state index < -0.39 is 0 Å². The van der Waals surface area contributed by atoms with Gasteiger partial charge in [0.05, 0.1) is 0 Å². The first-order valence-corrected chi connectivity index (χ1v) is 11.9. The highest BCUT2D eigenvalue weighted by atomic mass is 79.9. The maximum atomic E-state index is 12.4. The molecule has 2 aromatic carbocycles. The lowest BCUT2D eigenvalue weighted by molar-refractivity contribution is -0.126. The van der Waals surface area contributed by atoms with Gasteiger partial charge in [-0.3, -0.25) is 9.69 Å². The van der Waals surface area contributed by atoms with Crippen molar-refractivity contribution in [1.29, 1.82) is 0 Å². The monoisotopic (exact) mass is 460 g/mol. The Bertz CT molecular complexity index is 775. The molecular formula is C23H29BrN2OS. The van der Waals surface area contributed by atoms with Gasteiger partial charge in [0, 0.05) is 35.0 Å². The van der Waals surface area contributed by atoms with Gasteiger partial charge in [-0.1, -0.05) is 52.3 Å². The lowest BCUT2D eigenvalue weighted by atomic mass is 9.95. The maximum absolute atomic E-state index is 12.4. The van der Waals surface area contributed by atoms with Crippen molar-refractivity contribution in [1.82, 2.24) is 10.2 Å². The van der Waals surface area contributed by atoms with Crippen LogP contribution in [0.25, 0.3) is 0 Å². The third kappa shape index (κ3) is 6.64. The highest BCUT2D eigenvalue weighted by Gasteiger charge is 2.24. The molecule has 150 valence electrons. The molecule has 0 aromatic heterocycles. The van der Waals surface area contributed by atoms with E-state index in [0.29, 0.717) is 0 Å². The molecule has 2 aromatic rings. The van der Waals surface area contributed by atoms with Crippen LogP contribution in [-0.2, 0) is 17.1 Å². The average Bonchev–Trinajstić information content (AvgIpc) is 2.69. The second-order valence-corrected chi connectivity index (χ2v) is 9.47. The predicted molar refractivity (Wildman–Crippen MR) is 122 cm³/mol. The van der Waals surface area contributed by atoms with Gasteiger partial charge in [0.25, 0.3) is 0 Å². The lowest BCUT2D eigenvalue weighted by Gasteiger charge is -2.31. The van der Waals surface area contributed by atoms with Crippen molar-refractivity contribution >= 4 is 33.6 Å². The number of hydrogen-bond acceptors (Lipinski definition) is 3. The van der Waals surface area contributed by atoms with Crippen molar-refractivity contribution in [3.63, 3.8) is 0 Å². The maximum Gasteiger partial charge on any atom is 0.223 e. The molecule has 1 fully saturated rings. The minimum atomic E-state index is 0.167. The molecule has 0 aliphatic carbocycles. The molecule has 0 atom stereocenters. The number of nitrogens with one attached hydrogen (secondary N) is 1. The van der Waals surface area contributed by atoms with Gasteiger partial charge in [0.15, 0.2) is 0 Å². The fraction of sp³-hybridized carbons (Fsp3) is 0.435. The second-order valence-electron chi connectivity index (χ2n) is 7.45. The fourth-order valence-corrected chi connectivity index (χ4v) is 4.97. The first-order valence-electron chi connectivity index (χ1n) is 9.98. The number of aryl methyl sites for hydroxylation is 1. The van der Waals surface area contributed by atoms with E-state index in [9.17, 15) is 4.79 Å². The second kappa shape index (κ2) is 11.0. The Morgan fingerprint density at radius 3 is 2.71 bits per heavy atom. The summed E-state index contributed by atoms with van der Waals surface area (Å²) in [4.78, 5) is 14.9. The summed E-state index contributed by atoms with van der Waals surface area (Å²) in [6.07, 6.45) is 1.91. The van der Waals surface area contributed by atoms with Crippen LogP contribution in [0, 0.1) is 12.8 Å². The first kappa shape index (κ1) is 21.4. The van der Waals surface area contributed by atoms with Crippen molar-refractivity contribution in [2.75, 3.05) is 25.4 Å². The third-order valence-corrected chi connectivity index (χ3v) is 6.82. The number of hydrogen-bond donors (Lipinski definition) is 1. The fourth-order valence-electron chi connectivity index (χ4n) is 3.59. The summed E-state index contributed by atoms with van der Waals surface area (Å²) in [5.41, 5.74) is 4.05. The summed E-state index contributed by atoms with van der Waals surface area (Å²) in [7, 11) is 0. The van der Waals surface area contributed by atoms with Crippen molar-refractivity contribution in [2.24, 2.45) is 5.92 Å². The van der Waals surface area contributed by atoms with Gasteiger partial charge in [0.1, 0.15) is 0 Å². The van der Waals surface area contributed by atoms with E-state index in [2.05, 4.69) is 81.6 Å². The van der Waals surface area contributed by atoms with E-state index in [4.69, 9.17) is 0 Å². The van der Waals surface area contributed by atoms with E-state index in [1.54, 1.807) is 0 Å². The molecule has 1 saturated heterocycles. The van der Waals surface area contributed by atoms with Crippen molar-refractivity contribution in [3.05, 3.63) is 69.7 Å². The minimum absolute atomic E-state index is 0.167. The minimum Gasteiger partial charge on any atom is -0.355 e. The number of amides is 1. The number of benzene rings is 2. The molecule has 1 N–H and O–H groups in total. The number of piperidine rings is 1. The standard InChI is InChI=1S/C23H29BrN2OS/c1-18-5-2-3-7-21(18)17-28-14-11-25-23(27)20-9-12-26(13-10-20)16-19-6-4-8-22(24)15-19/h2-8,15,20H,9-14,16-17H2,1H3,(H,25,27). The van der Waals surface area contributed by atoms with Gasteiger partial charge in [-0.25, -0.2) is 0 Å². The van der Waals surface area contributed by atoms with Crippen LogP contribution in [0.2, 0.25) is 0 Å². The number of carbonyl (C=O) groups excluding carboxylic acids is 1. The summed E-state index contributed by atoms with van der Waals surface area (Å²) in [5, 5.41) is 3.14. The zero-order chi connectivity index (χ0) is 19.8. The Morgan fingerprint density at radius 1 is 1.18 bits per heavy atom. The molecule has 5 heteroatoms. The third-order valence-electron chi connectivity index (χ3n) is 5.32. The molecule has 0 saturated carbocycles. The van der Waals surface area contributed by atoms with E-state index in [-0.39, 0.29) is 11.8 Å². The Kier molecular flexibility index (Phi) is 8.44. The smallest absolute Gasteiger partial charge is 0.223 e. The first-order chi connectivity index (χ1) is 13.6. The zero-order valence-electron chi connectivity index (χ0n) is 16.5. The molecule has 3 rings (SSSR count). The summed E-state index contributed by atoms with van der Waals surface area (Å²) in [5.74, 6) is 2.37. The predicted octanol–water partition coefficient (Wildman–Crippen LogP) is 5.02. The Hall–Kier alpha value is -1.30. The van der Waals surface area contributed by atoms with Crippen molar-refractivity contribution < 1.29 is 4.79 Å². The molecule has 1 amide bonds. The van der Waals surface area contributed by atoms with Crippen LogP contribution in [-0.4, -0.2) is 36.2 Å². The van der Waals surface area contributed by atoms with Crippen molar-refractivity contribution in [2.45, 2.75) is 32.1 Å².